The Bertz CT molecular complexity index is 45.8. The molecule has 0 amide bonds. The average molecular weight is 117 g/mol. The lowest BCUT2D eigenvalue weighted by Gasteiger charge is -2.02. The maximum Gasteiger partial charge on any atom is 0.0770 e. The number of unbranched alkanes of at least 4 members (excludes halogenated alkanes) is 1. The van der Waals surface area contributed by atoms with Gasteiger partial charge in [0.05, 0.1) is 12.7 Å². The summed E-state index contributed by atoms with van der Waals surface area (Å²) in [5, 5.41) is 17.0. The molecule has 0 bridgehead atoms. The predicted octanol–water partition coefficient (Wildman–Crippen LogP) is 0.344. The fourth-order valence-corrected chi connectivity index (χ4v) is 0.471. The van der Waals surface area contributed by atoms with Crippen molar-refractivity contribution in [3.8, 4) is 0 Å². The van der Waals surface area contributed by atoms with Crippen molar-refractivity contribution >= 4 is 0 Å². The third kappa shape index (κ3) is 4.09. The second kappa shape index (κ2) is 5.06. The highest BCUT2D eigenvalue weighted by Gasteiger charge is 1.97. The quantitative estimate of drug-likeness (QED) is 0.557. The van der Waals surface area contributed by atoms with Gasteiger partial charge in [0.1, 0.15) is 0 Å². The molecule has 2 N–H and O–H groups in total. The average Bonchev–Trinajstić information content (AvgIpc) is 1.83. The first-order valence-electron chi connectivity index (χ1n) is 2.89. The number of hydrogen-bond donors (Lipinski definition) is 2. The van der Waals surface area contributed by atoms with E-state index in [4.69, 9.17) is 10.2 Å². The van der Waals surface area contributed by atoms with E-state index in [0.717, 1.165) is 12.8 Å². The van der Waals surface area contributed by atoms with Gasteiger partial charge in [-0.25, -0.2) is 0 Å². The first-order valence-corrected chi connectivity index (χ1v) is 2.89. The van der Waals surface area contributed by atoms with E-state index in [-0.39, 0.29) is 6.61 Å². The Kier molecular flexibility index (Phi) is 5.01. The molecular formula is C6H13O2. The highest BCUT2D eigenvalue weighted by Crippen LogP contribution is 1.97. The van der Waals surface area contributed by atoms with Gasteiger partial charge in [-0.15, -0.1) is 0 Å². The minimum absolute atomic E-state index is 0.125. The van der Waals surface area contributed by atoms with Gasteiger partial charge in [0.15, 0.2) is 0 Å². The van der Waals surface area contributed by atoms with Crippen molar-refractivity contribution in [1.82, 2.24) is 0 Å². The Morgan fingerprint density at radius 1 is 1.50 bits per heavy atom. The summed E-state index contributed by atoms with van der Waals surface area (Å²) in [4.78, 5) is 0. The molecule has 0 fully saturated rings. The Morgan fingerprint density at radius 2 is 2.12 bits per heavy atom. The lowest BCUT2D eigenvalue weighted by Crippen LogP contribution is -2.10. The lowest BCUT2D eigenvalue weighted by atomic mass is 10.2. The van der Waals surface area contributed by atoms with Crippen LogP contribution in [0.2, 0.25) is 0 Å². The largest absolute Gasteiger partial charge is 0.394 e. The van der Waals surface area contributed by atoms with Gasteiger partial charge in [0.2, 0.25) is 0 Å². The van der Waals surface area contributed by atoms with Crippen LogP contribution < -0.4 is 0 Å². The molecule has 0 rings (SSSR count). The maximum absolute atomic E-state index is 8.71. The normalized spacial score (nSPS) is 13.9. The van der Waals surface area contributed by atoms with Crippen molar-refractivity contribution in [3.05, 3.63) is 6.92 Å². The summed E-state index contributed by atoms with van der Waals surface area (Å²) >= 11 is 0. The van der Waals surface area contributed by atoms with Crippen molar-refractivity contribution in [1.29, 1.82) is 0 Å². The number of aliphatic hydroxyl groups is 2. The monoisotopic (exact) mass is 117 g/mol. The molecule has 0 aromatic rings. The second-order valence-corrected chi connectivity index (χ2v) is 1.83. The summed E-state index contributed by atoms with van der Waals surface area (Å²) in [5.74, 6) is 0. The summed E-state index contributed by atoms with van der Waals surface area (Å²) in [5.41, 5.74) is 0. The van der Waals surface area contributed by atoms with Crippen LogP contribution in [-0.4, -0.2) is 22.9 Å². The topological polar surface area (TPSA) is 40.5 Å². The van der Waals surface area contributed by atoms with Crippen LogP contribution in [0.5, 0.6) is 0 Å². The standard InChI is InChI=1S/C6H13O2/c1-2-3-4-6(8)5-7/h6-8H,1-5H2. The molecule has 1 unspecified atom stereocenters. The van der Waals surface area contributed by atoms with Crippen LogP contribution in [0.3, 0.4) is 0 Å². The van der Waals surface area contributed by atoms with E-state index < -0.39 is 6.10 Å². The minimum atomic E-state index is -0.531. The van der Waals surface area contributed by atoms with E-state index in [1.54, 1.807) is 0 Å². The molecule has 1 atom stereocenters. The number of hydrogen-bond acceptors (Lipinski definition) is 2. The summed E-state index contributed by atoms with van der Waals surface area (Å²) in [6, 6.07) is 0. The molecule has 49 valence electrons. The molecule has 0 aromatic carbocycles. The molecule has 2 heteroatoms. The van der Waals surface area contributed by atoms with Crippen molar-refractivity contribution < 1.29 is 10.2 Å². The zero-order chi connectivity index (χ0) is 6.41. The van der Waals surface area contributed by atoms with E-state index in [1.165, 1.54) is 0 Å². The van der Waals surface area contributed by atoms with E-state index in [2.05, 4.69) is 6.92 Å². The van der Waals surface area contributed by atoms with Gasteiger partial charge in [0, 0.05) is 0 Å². The molecule has 8 heavy (non-hydrogen) atoms. The molecule has 0 aromatic heterocycles. The van der Waals surface area contributed by atoms with E-state index >= 15 is 0 Å². The first kappa shape index (κ1) is 7.92. The lowest BCUT2D eigenvalue weighted by molar-refractivity contribution is 0.0868. The summed E-state index contributed by atoms with van der Waals surface area (Å²) < 4.78 is 0. The highest BCUT2D eigenvalue weighted by atomic mass is 16.3. The van der Waals surface area contributed by atoms with Crippen molar-refractivity contribution in [3.63, 3.8) is 0 Å². The van der Waals surface area contributed by atoms with Crippen LogP contribution in [0.1, 0.15) is 19.3 Å². The van der Waals surface area contributed by atoms with Crippen LogP contribution >= 0.6 is 0 Å². The van der Waals surface area contributed by atoms with Crippen molar-refractivity contribution in [2.75, 3.05) is 6.61 Å². The fourth-order valence-electron chi connectivity index (χ4n) is 0.471. The van der Waals surface area contributed by atoms with Crippen LogP contribution in [0.25, 0.3) is 0 Å². The summed E-state index contributed by atoms with van der Waals surface area (Å²) in [6.07, 6.45) is 1.86. The Balaban J connectivity index is 2.86. The summed E-state index contributed by atoms with van der Waals surface area (Å²) in [6.45, 7) is 3.47. The van der Waals surface area contributed by atoms with Gasteiger partial charge in [0.25, 0.3) is 0 Å². The second-order valence-electron chi connectivity index (χ2n) is 1.83. The zero-order valence-electron chi connectivity index (χ0n) is 5.01. The SMILES string of the molecule is [CH2]CCCC(O)CO. The molecular weight excluding hydrogens is 104 g/mol. The smallest absolute Gasteiger partial charge is 0.0770 e. The Labute approximate surface area is 50.2 Å². The van der Waals surface area contributed by atoms with Crippen LogP contribution in [0.15, 0.2) is 0 Å². The molecule has 0 saturated carbocycles. The van der Waals surface area contributed by atoms with Gasteiger partial charge in [-0.05, 0) is 6.42 Å². The third-order valence-electron chi connectivity index (χ3n) is 0.998. The fraction of sp³-hybridized carbons (Fsp3) is 0.833. The molecule has 1 radical (unpaired) electrons. The van der Waals surface area contributed by atoms with Gasteiger partial charge < -0.3 is 10.2 Å². The van der Waals surface area contributed by atoms with Gasteiger partial charge in [-0.3, -0.25) is 0 Å². The maximum atomic E-state index is 8.71. The van der Waals surface area contributed by atoms with E-state index in [0.29, 0.717) is 6.42 Å². The highest BCUT2D eigenvalue weighted by molar-refractivity contribution is 4.52. The molecule has 0 saturated heterocycles. The molecule has 0 aliphatic carbocycles. The van der Waals surface area contributed by atoms with E-state index in [9.17, 15) is 0 Å². The zero-order valence-corrected chi connectivity index (χ0v) is 5.01. The first-order chi connectivity index (χ1) is 3.81. The molecule has 0 aliphatic heterocycles. The number of rotatable bonds is 4. The number of aliphatic hydroxyl groups excluding tert-OH is 2. The molecule has 0 heterocycles. The van der Waals surface area contributed by atoms with Crippen molar-refractivity contribution in [2.45, 2.75) is 25.4 Å². The van der Waals surface area contributed by atoms with Crippen LogP contribution in [0.4, 0.5) is 0 Å². The Hall–Kier alpha value is -0.0800. The summed E-state index contributed by atoms with van der Waals surface area (Å²) in [7, 11) is 0. The minimum Gasteiger partial charge on any atom is -0.394 e. The predicted molar refractivity (Wildman–Crippen MR) is 32.3 cm³/mol. The van der Waals surface area contributed by atoms with Crippen molar-refractivity contribution in [2.24, 2.45) is 0 Å². The van der Waals surface area contributed by atoms with Gasteiger partial charge >= 0.3 is 0 Å². The van der Waals surface area contributed by atoms with Crippen LogP contribution in [0, 0.1) is 6.92 Å². The Morgan fingerprint density at radius 3 is 2.50 bits per heavy atom. The molecule has 2 nitrogen and oxygen atoms in total. The van der Waals surface area contributed by atoms with Gasteiger partial charge in [-0.1, -0.05) is 19.8 Å². The molecule has 0 aliphatic rings. The molecule has 0 spiro atoms. The van der Waals surface area contributed by atoms with E-state index in [1.807, 2.05) is 0 Å². The van der Waals surface area contributed by atoms with Crippen LogP contribution in [-0.2, 0) is 0 Å². The van der Waals surface area contributed by atoms with Gasteiger partial charge in [-0.2, -0.15) is 0 Å². The third-order valence-corrected chi connectivity index (χ3v) is 0.998.